The molecule has 2 rings (SSSR count). The normalized spacial score (nSPS) is 42.5. The summed E-state index contributed by atoms with van der Waals surface area (Å²) < 4.78 is 0. The summed E-state index contributed by atoms with van der Waals surface area (Å²) in [4.78, 5) is 11.4. The van der Waals surface area contributed by atoms with Crippen molar-refractivity contribution in [2.24, 2.45) is 22.7 Å². The highest BCUT2D eigenvalue weighted by molar-refractivity contribution is 5.75. The number of hydrogen-bond acceptors (Lipinski definition) is 1. The second-order valence-corrected chi connectivity index (χ2v) is 7.58. The van der Waals surface area contributed by atoms with Crippen LogP contribution in [0.25, 0.3) is 0 Å². The summed E-state index contributed by atoms with van der Waals surface area (Å²) in [5.74, 6) is 1.85. The van der Waals surface area contributed by atoms with Crippen molar-refractivity contribution in [1.82, 2.24) is 0 Å². The summed E-state index contributed by atoms with van der Waals surface area (Å²) in [5, 5.41) is 0. The van der Waals surface area contributed by atoms with Crippen LogP contribution in [0.1, 0.15) is 73.1 Å². The van der Waals surface area contributed by atoms with Crippen LogP contribution >= 0.6 is 0 Å². The highest BCUT2D eigenvalue weighted by atomic mass is 16.1. The quantitative estimate of drug-likeness (QED) is 0.642. The van der Waals surface area contributed by atoms with E-state index in [1.165, 1.54) is 25.7 Å². The van der Waals surface area contributed by atoms with Crippen molar-refractivity contribution < 1.29 is 4.79 Å². The molecule has 0 radical (unpaired) electrons. The van der Waals surface area contributed by atoms with Crippen LogP contribution in [0.5, 0.6) is 0 Å². The minimum atomic E-state index is 0.341. The van der Waals surface area contributed by atoms with Gasteiger partial charge in [0.1, 0.15) is 5.78 Å². The maximum Gasteiger partial charge on any atom is 0.129 e. The lowest BCUT2D eigenvalue weighted by Gasteiger charge is -2.58. The van der Waals surface area contributed by atoms with E-state index < -0.39 is 0 Å². The minimum absolute atomic E-state index is 0.341. The lowest BCUT2D eigenvalue weighted by molar-refractivity contribution is -0.119. The van der Waals surface area contributed by atoms with Crippen molar-refractivity contribution in [3.63, 3.8) is 0 Å². The van der Waals surface area contributed by atoms with Crippen molar-refractivity contribution in [2.75, 3.05) is 0 Å². The zero-order valence-electron chi connectivity index (χ0n) is 13.4. The molecule has 1 unspecified atom stereocenters. The van der Waals surface area contributed by atoms with E-state index in [2.05, 4.69) is 33.8 Å². The van der Waals surface area contributed by atoms with E-state index >= 15 is 0 Å². The number of carbonyl (C=O) groups is 1. The fourth-order valence-electron chi connectivity index (χ4n) is 4.78. The third kappa shape index (κ3) is 2.41. The number of ketones is 1. The van der Waals surface area contributed by atoms with Gasteiger partial charge in [-0.25, -0.2) is 0 Å². The molecule has 0 N–H and O–H groups in total. The summed E-state index contributed by atoms with van der Waals surface area (Å²) >= 11 is 0. The Balaban J connectivity index is 2.30. The van der Waals surface area contributed by atoms with Crippen LogP contribution in [0.3, 0.4) is 0 Å². The summed E-state index contributed by atoms with van der Waals surface area (Å²) in [7, 11) is 0. The molecule has 0 saturated heterocycles. The average molecular weight is 262 g/mol. The third-order valence-corrected chi connectivity index (χ3v) is 6.61. The number of fused-ring (bicyclic) bond motifs is 1. The number of Topliss-reactive ketones (excluding diaryl/α,β-unsaturated/α-hetero) is 1. The fraction of sp³-hybridized carbons (Fsp3) is 0.833. The summed E-state index contributed by atoms with van der Waals surface area (Å²) in [6, 6.07) is 0. The summed E-state index contributed by atoms with van der Waals surface area (Å²) in [6.45, 7) is 11.4. The second-order valence-electron chi connectivity index (χ2n) is 7.58. The molecule has 1 saturated carbocycles. The Labute approximate surface area is 118 Å². The predicted molar refractivity (Wildman–Crippen MR) is 81.0 cm³/mol. The molecule has 0 aromatic carbocycles. The lowest BCUT2D eigenvalue weighted by Crippen LogP contribution is -2.49. The van der Waals surface area contributed by atoms with Gasteiger partial charge in [-0.15, -0.1) is 0 Å². The molecule has 108 valence electrons. The molecule has 0 spiro atoms. The largest absolute Gasteiger partial charge is 0.300 e. The standard InChI is InChI=1S/C18H30O/c1-13-7-6-8-16-17(13,4)11-9-14(2)18(16,5)12-10-15(3)19/h7,14,16H,6,8-12H2,1-5H3/t14-,16?,17+,18+/m1/s1. The molecule has 0 bridgehead atoms. The van der Waals surface area contributed by atoms with E-state index in [-0.39, 0.29) is 0 Å². The van der Waals surface area contributed by atoms with Crippen molar-refractivity contribution in [1.29, 1.82) is 0 Å². The van der Waals surface area contributed by atoms with E-state index in [0.29, 0.717) is 16.6 Å². The molecule has 0 heterocycles. The summed E-state index contributed by atoms with van der Waals surface area (Å²) in [5.41, 5.74) is 2.33. The molecule has 2 aliphatic carbocycles. The highest BCUT2D eigenvalue weighted by Crippen LogP contribution is 2.61. The van der Waals surface area contributed by atoms with E-state index in [1.54, 1.807) is 12.5 Å². The van der Waals surface area contributed by atoms with Crippen LogP contribution in [0.2, 0.25) is 0 Å². The lowest BCUT2D eigenvalue weighted by atomic mass is 9.47. The first-order chi connectivity index (χ1) is 8.80. The Kier molecular flexibility index (Phi) is 3.95. The zero-order chi connectivity index (χ0) is 14.3. The van der Waals surface area contributed by atoms with Gasteiger partial charge in [-0.3, -0.25) is 0 Å². The van der Waals surface area contributed by atoms with Gasteiger partial charge in [-0.05, 0) is 68.6 Å². The van der Waals surface area contributed by atoms with Gasteiger partial charge in [0.15, 0.2) is 0 Å². The molecule has 0 amide bonds. The van der Waals surface area contributed by atoms with Crippen LogP contribution in [0.4, 0.5) is 0 Å². The number of rotatable bonds is 3. The molecule has 2 aliphatic rings. The molecule has 0 aromatic heterocycles. The van der Waals surface area contributed by atoms with Crippen molar-refractivity contribution >= 4 is 5.78 Å². The molecule has 19 heavy (non-hydrogen) atoms. The first-order valence-electron chi connectivity index (χ1n) is 7.97. The molecular weight excluding hydrogens is 232 g/mol. The number of carbonyl (C=O) groups excluding carboxylic acids is 1. The van der Waals surface area contributed by atoms with Crippen molar-refractivity contribution in [3.05, 3.63) is 11.6 Å². The minimum Gasteiger partial charge on any atom is -0.300 e. The molecule has 1 heteroatoms. The zero-order valence-corrected chi connectivity index (χ0v) is 13.4. The van der Waals surface area contributed by atoms with Gasteiger partial charge in [-0.2, -0.15) is 0 Å². The van der Waals surface area contributed by atoms with Crippen molar-refractivity contribution in [3.8, 4) is 0 Å². The molecule has 4 atom stereocenters. The van der Waals surface area contributed by atoms with Crippen LogP contribution < -0.4 is 0 Å². The van der Waals surface area contributed by atoms with Gasteiger partial charge in [0.05, 0.1) is 0 Å². The monoisotopic (exact) mass is 262 g/mol. The SMILES string of the molecule is CC(=O)CC[C@]1(C)C2CCC=C(C)[C@]2(C)CC[C@H]1C. The van der Waals surface area contributed by atoms with Crippen LogP contribution in [0, 0.1) is 22.7 Å². The van der Waals surface area contributed by atoms with Gasteiger partial charge in [0.25, 0.3) is 0 Å². The van der Waals surface area contributed by atoms with Gasteiger partial charge in [0, 0.05) is 6.42 Å². The molecule has 0 aliphatic heterocycles. The fourth-order valence-corrected chi connectivity index (χ4v) is 4.78. The van der Waals surface area contributed by atoms with Crippen LogP contribution in [-0.4, -0.2) is 5.78 Å². The summed E-state index contributed by atoms with van der Waals surface area (Å²) in [6.07, 6.45) is 9.48. The van der Waals surface area contributed by atoms with Crippen molar-refractivity contribution in [2.45, 2.75) is 73.1 Å². The maximum absolute atomic E-state index is 11.4. The second kappa shape index (κ2) is 5.07. The molecule has 1 nitrogen and oxygen atoms in total. The van der Waals surface area contributed by atoms with E-state index in [0.717, 1.165) is 24.7 Å². The van der Waals surface area contributed by atoms with Gasteiger partial charge < -0.3 is 4.79 Å². The Hall–Kier alpha value is -0.590. The average Bonchev–Trinajstić information content (AvgIpc) is 2.35. The highest BCUT2D eigenvalue weighted by Gasteiger charge is 2.52. The topological polar surface area (TPSA) is 17.1 Å². The molecule has 0 aromatic rings. The Morgan fingerprint density at radius 2 is 2.05 bits per heavy atom. The van der Waals surface area contributed by atoms with Crippen LogP contribution in [-0.2, 0) is 4.79 Å². The molecular formula is C18H30O. The first kappa shape index (κ1) is 14.8. The van der Waals surface area contributed by atoms with Crippen LogP contribution in [0.15, 0.2) is 11.6 Å². The van der Waals surface area contributed by atoms with E-state index in [4.69, 9.17) is 0 Å². The number of allylic oxidation sites excluding steroid dienone is 2. The predicted octanol–water partition coefficient (Wildman–Crippen LogP) is 5.15. The third-order valence-electron chi connectivity index (χ3n) is 6.61. The van der Waals surface area contributed by atoms with Gasteiger partial charge in [0.2, 0.25) is 0 Å². The van der Waals surface area contributed by atoms with Gasteiger partial charge >= 0.3 is 0 Å². The van der Waals surface area contributed by atoms with Gasteiger partial charge in [-0.1, -0.05) is 32.4 Å². The Morgan fingerprint density at radius 3 is 2.68 bits per heavy atom. The van der Waals surface area contributed by atoms with E-state index in [9.17, 15) is 4.79 Å². The number of hydrogen-bond donors (Lipinski definition) is 0. The Bertz CT molecular complexity index is 394. The molecule has 1 fully saturated rings. The van der Waals surface area contributed by atoms with E-state index in [1.807, 2.05) is 0 Å². The maximum atomic E-state index is 11.4. The smallest absolute Gasteiger partial charge is 0.129 e. The Morgan fingerprint density at radius 1 is 1.37 bits per heavy atom. The first-order valence-corrected chi connectivity index (χ1v) is 7.97.